The number of hydrogen-bond donors (Lipinski definition) is 1. The number of halogens is 1. The maximum absolute atomic E-state index is 11.0. The van der Waals surface area contributed by atoms with Gasteiger partial charge in [0.2, 0.25) is 0 Å². The third-order valence-electron chi connectivity index (χ3n) is 1.87. The van der Waals surface area contributed by atoms with Crippen LogP contribution in [0.25, 0.3) is 0 Å². The van der Waals surface area contributed by atoms with Crippen molar-refractivity contribution in [1.82, 2.24) is 0 Å². The third-order valence-corrected chi connectivity index (χ3v) is 2.96. The second-order valence-corrected chi connectivity index (χ2v) is 5.58. The number of aldehydes is 1. The van der Waals surface area contributed by atoms with E-state index in [1.807, 2.05) is 0 Å². The molecule has 0 radical (unpaired) electrons. The van der Waals surface area contributed by atoms with E-state index in [0.29, 0.717) is 6.29 Å². The molecule has 0 heterocycles. The van der Waals surface area contributed by atoms with Crippen molar-refractivity contribution in [2.45, 2.75) is 6.92 Å². The molecule has 1 aromatic rings. The van der Waals surface area contributed by atoms with Gasteiger partial charge >= 0.3 is 10.1 Å². The van der Waals surface area contributed by atoms with Crippen molar-refractivity contribution in [3.8, 4) is 11.5 Å². The molecule has 88 valence electrons. The van der Waals surface area contributed by atoms with E-state index in [2.05, 4.69) is 20.1 Å². The summed E-state index contributed by atoms with van der Waals surface area (Å²) in [4.78, 5) is 10.7. The fourth-order valence-electron chi connectivity index (χ4n) is 1.12. The van der Waals surface area contributed by atoms with Gasteiger partial charge in [0, 0.05) is 11.6 Å². The predicted molar refractivity (Wildman–Crippen MR) is 61.4 cm³/mol. The summed E-state index contributed by atoms with van der Waals surface area (Å²) in [7, 11) is -3.67. The molecule has 0 fully saturated rings. The Kier molecular flexibility index (Phi) is 3.59. The molecule has 5 nitrogen and oxygen atoms in total. The van der Waals surface area contributed by atoms with Crippen molar-refractivity contribution in [3.05, 3.63) is 21.7 Å². The summed E-state index contributed by atoms with van der Waals surface area (Å²) < 4.78 is 26.8. The molecule has 0 bridgehead atoms. The zero-order chi connectivity index (χ0) is 12.5. The van der Waals surface area contributed by atoms with Gasteiger partial charge in [0.25, 0.3) is 0 Å². The van der Waals surface area contributed by atoms with Crippen LogP contribution >= 0.6 is 15.9 Å². The van der Waals surface area contributed by atoms with Crippen LogP contribution < -0.4 is 4.18 Å². The summed E-state index contributed by atoms with van der Waals surface area (Å²) in [5.41, 5.74) is 0.258. The Morgan fingerprint density at radius 2 is 2.06 bits per heavy atom. The maximum Gasteiger partial charge on any atom is 0.306 e. The number of phenolic OH excluding ortho intramolecular Hbond substituents is 1. The first-order valence-corrected chi connectivity index (χ1v) is 6.74. The molecule has 16 heavy (non-hydrogen) atoms. The monoisotopic (exact) mass is 308 g/mol. The largest absolute Gasteiger partial charge is 0.506 e. The smallest absolute Gasteiger partial charge is 0.306 e. The second kappa shape index (κ2) is 4.42. The zero-order valence-electron chi connectivity index (χ0n) is 8.52. The van der Waals surface area contributed by atoms with Gasteiger partial charge in [0.05, 0.1) is 16.3 Å². The highest BCUT2D eigenvalue weighted by Gasteiger charge is 2.16. The van der Waals surface area contributed by atoms with Gasteiger partial charge in [-0.25, -0.2) is 0 Å². The van der Waals surface area contributed by atoms with Crippen molar-refractivity contribution in [2.24, 2.45) is 0 Å². The van der Waals surface area contributed by atoms with Crippen LogP contribution in [0.3, 0.4) is 0 Å². The summed E-state index contributed by atoms with van der Waals surface area (Å²) in [5, 5.41) is 9.52. The van der Waals surface area contributed by atoms with E-state index in [0.717, 1.165) is 6.26 Å². The standard InChI is InChI=1S/C9H9BrO5S/c1-5-6(4-11)9(12)7(10)3-8(5)15-16(2,13)14/h3-4,12H,1-2H3. The van der Waals surface area contributed by atoms with Gasteiger partial charge in [0.15, 0.2) is 6.29 Å². The minimum atomic E-state index is -3.67. The summed E-state index contributed by atoms with van der Waals surface area (Å²) in [5.74, 6) is -0.234. The first-order valence-electron chi connectivity index (χ1n) is 4.13. The molecule has 0 amide bonds. The average Bonchev–Trinajstić information content (AvgIpc) is 2.13. The molecule has 1 rings (SSSR count). The topological polar surface area (TPSA) is 80.7 Å². The van der Waals surface area contributed by atoms with E-state index in [4.69, 9.17) is 0 Å². The highest BCUT2D eigenvalue weighted by atomic mass is 79.9. The van der Waals surface area contributed by atoms with Crippen molar-refractivity contribution < 1.29 is 22.5 Å². The lowest BCUT2D eigenvalue weighted by Crippen LogP contribution is -2.07. The number of aromatic hydroxyl groups is 1. The first-order chi connectivity index (χ1) is 7.26. The lowest BCUT2D eigenvalue weighted by Gasteiger charge is -2.10. The van der Waals surface area contributed by atoms with E-state index < -0.39 is 10.1 Å². The number of carbonyl (C=O) groups is 1. The van der Waals surface area contributed by atoms with Crippen molar-refractivity contribution in [3.63, 3.8) is 0 Å². The van der Waals surface area contributed by atoms with Gasteiger partial charge in [-0.3, -0.25) is 4.79 Å². The van der Waals surface area contributed by atoms with Crippen molar-refractivity contribution in [1.29, 1.82) is 0 Å². The SMILES string of the molecule is Cc1c(OS(C)(=O)=O)cc(Br)c(O)c1C=O. The summed E-state index contributed by atoms with van der Waals surface area (Å²) in [6, 6.07) is 1.29. The maximum atomic E-state index is 11.0. The van der Waals surface area contributed by atoms with Gasteiger partial charge in [-0.2, -0.15) is 8.42 Å². The minimum absolute atomic E-state index is 0.00646. The number of phenols is 1. The Morgan fingerprint density at radius 3 is 2.50 bits per heavy atom. The molecule has 0 aromatic heterocycles. The van der Waals surface area contributed by atoms with Gasteiger partial charge in [0.1, 0.15) is 11.5 Å². The zero-order valence-corrected chi connectivity index (χ0v) is 10.9. The van der Waals surface area contributed by atoms with Crippen LogP contribution in [0.4, 0.5) is 0 Å². The molecule has 0 unspecified atom stereocenters. The fraction of sp³-hybridized carbons (Fsp3) is 0.222. The molecule has 0 aliphatic carbocycles. The van der Waals surface area contributed by atoms with Crippen LogP contribution in [-0.2, 0) is 10.1 Å². The van der Waals surface area contributed by atoms with Crippen LogP contribution in [0.5, 0.6) is 11.5 Å². The highest BCUT2D eigenvalue weighted by molar-refractivity contribution is 9.10. The molecule has 0 saturated heterocycles. The molecule has 1 N–H and O–H groups in total. The Balaban J connectivity index is 3.43. The normalized spacial score (nSPS) is 11.2. The van der Waals surface area contributed by atoms with E-state index in [-0.39, 0.29) is 27.1 Å². The Morgan fingerprint density at radius 1 is 1.50 bits per heavy atom. The average molecular weight is 309 g/mol. The fourth-order valence-corrected chi connectivity index (χ4v) is 2.05. The van der Waals surface area contributed by atoms with Gasteiger partial charge in [-0.05, 0) is 22.9 Å². The molecule has 7 heteroatoms. The molecular formula is C9H9BrO5S. The van der Waals surface area contributed by atoms with E-state index >= 15 is 0 Å². The van der Waals surface area contributed by atoms with Crippen LogP contribution in [0.1, 0.15) is 15.9 Å². The number of benzene rings is 1. The number of carbonyl (C=O) groups excluding carboxylic acids is 1. The summed E-state index contributed by atoms with van der Waals surface area (Å²) in [6.45, 7) is 1.48. The van der Waals surface area contributed by atoms with Crippen molar-refractivity contribution >= 4 is 32.3 Å². The second-order valence-electron chi connectivity index (χ2n) is 3.15. The molecule has 0 spiro atoms. The number of hydrogen-bond acceptors (Lipinski definition) is 5. The van der Waals surface area contributed by atoms with Crippen LogP contribution in [-0.4, -0.2) is 26.1 Å². The van der Waals surface area contributed by atoms with Gasteiger partial charge in [-0.15, -0.1) is 0 Å². The Bertz CT molecular complexity index is 535. The van der Waals surface area contributed by atoms with E-state index in [9.17, 15) is 18.3 Å². The molecule has 0 atom stereocenters. The molecule has 0 aliphatic heterocycles. The molecule has 1 aromatic carbocycles. The van der Waals surface area contributed by atoms with Crippen LogP contribution in [0.15, 0.2) is 10.5 Å². The quantitative estimate of drug-likeness (QED) is 0.678. The number of rotatable bonds is 3. The minimum Gasteiger partial charge on any atom is -0.506 e. The summed E-state index contributed by atoms with van der Waals surface area (Å²) >= 11 is 3.00. The van der Waals surface area contributed by atoms with E-state index in [1.165, 1.54) is 13.0 Å². The lowest BCUT2D eigenvalue weighted by molar-refractivity contribution is 0.112. The van der Waals surface area contributed by atoms with Crippen molar-refractivity contribution in [2.75, 3.05) is 6.26 Å². The molecule has 0 saturated carbocycles. The Labute approximate surface area is 101 Å². The molecular weight excluding hydrogens is 300 g/mol. The van der Waals surface area contributed by atoms with Crippen LogP contribution in [0.2, 0.25) is 0 Å². The lowest BCUT2D eigenvalue weighted by atomic mass is 10.1. The Hall–Kier alpha value is -1.08. The van der Waals surface area contributed by atoms with Gasteiger partial charge in [-0.1, -0.05) is 0 Å². The highest BCUT2D eigenvalue weighted by Crippen LogP contribution is 2.35. The summed E-state index contributed by atoms with van der Waals surface area (Å²) in [6.07, 6.45) is 1.33. The van der Waals surface area contributed by atoms with Crippen LogP contribution in [0, 0.1) is 6.92 Å². The third kappa shape index (κ3) is 2.73. The molecule has 0 aliphatic rings. The predicted octanol–water partition coefficient (Wildman–Crippen LogP) is 1.61. The van der Waals surface area contributed by atoms with Gasteiger partial charge < -0.3 is 9.29 Å². The first kappa shape index (κ1) is 13.0. The van der Waals surface area contributed by atoms with E-state index in [1.54, 1.807) is 0 Å².